The Bertz CT molecular complexity index is 718. The first-order valence-electron chi connectivity index (χ1n) is 5.53. The third-order valence-electron chi connectivity index (χ3n) is 2.48. The number of rotatable bonds is 3. The van der Waals surface area contributed by atoms with E-state index in [9.17, 15) is 22.8 Å². The van der Waals surface area contributed by atoms with Crippen LogP contribution in [0.15, 0.2) is 20.9 Å². The van der Waals surface area contributed by atoms with Crippen LogP contribution >= 0.6 is 11.8 Å². The second kappa shape index (κ2) is 5.61. The van der Waals surface area contributed by atoms with Gasteiger partial charge in [-0.2, -0.15) is 23.4 Å². The van der Waals surface area contributed by atoms with E-state index in [0.717, 1.165) is 11.8 Å². The molecule has 0 aromatic carbocycles. The molecule has 0 saturated carbocycles. The molecule has 2 rings (SSSR count). The van der Waals surface area contributed by atoms with E-state index in [2.05, 4.69) is 15.3 Å². The van der Waals surface area contributed by atoms with E-state index < -0.39 is 22.9 Å². The molecule has 0 saturated heterocycles. The van der Waals surface area contributed by atoms with E-state index >= 15 is 0 Å². The molecule has 0 bridgehead atoms. The summed E-state index contributed by atoms with van der Waals surface area (Å²) < 4.78 is 38.4. The second-order valence-corrected chi connectivity index (χ2v) is 4.94. The highest BCUT2D eigenvalue weighted by Crippen LogP contribution is 2.34. The Morgan fingerprint density at radius 1 is 1.43 bits per heavy atom. The minimum Gasteiger partial charge on any atom is -0.364 e. The molecule has 110 valence electrons. The Hall–Kier alpha value is -2.28. The number of carbonyl (C=O) groups is 1. The van der Waals surface area contributed by atoms with Crippen LogP contribution in [0, 0.1) is 11.3 Å². The largest absolute Gasteiger partial charge is 0.417 e. The predicted octanol–water partition coefficient (Wildman–Crippen LogP) is 0.886. The zero-order valence-corrected chi connectivity index (χ0v) is 11.1. The van der Waals surface area contributed by atoms with Gasteiger partial charge in [-0.3, -0.25) is 9.59 Å². The van der Waals surface area contributed by atoms with Crippen molar-refractivity contribution in [1.82, 2.24) is 10.3 Å². The Kier molecular flexibility index (Phi) is 4.04. The van der Waals surface area contributed by atoms with Crippen molar-refractivity contribution in [3.05, 3.63) is 27.5 Å². The van der Waals surface area contributed by atoms with Gasteiger partial charge >= 0.3 is 6.18 Å². The molecular formula is C11H7F3N4O2S. The molecule has 10 heteroatoms. The topological polar surface area (TPSA) is 98.1 Å². The van der Waals surface area contributed by atoms with Crippen LogP contribution in [0.4, 0.5) is 13.2 Å². The molecule has 21 heavy (non-hydrogen) atoms. The molecule has 0 aliphatic carbocycles. The van der Waals surface area contributed by atoms with Crippen LogP contribution in [-0.2, 0) is 11.0 Å². The number of halogens is 3. The number of pyridine rings is 1. The zero-order chi connectivity index (χ0) is 15.6. The summed E-state index contributed by atoms with van der Waals surface area (Å²) in [6, 6.07) is 1.79. The number of aromatic amines is 1. The number of nitrogens with one attached hydrogen (secondary N) is 2. The normalized spacial score (nSPS) is 14.6. The summed E-state index contributed by atoms with van der Waals surface area (Å²) in [4.78, 5) is 28.0. The van der Waals surface area contributed by atoms with Gasteiger partial charge in [-0.25, -0.2) is 0 Å². The van der Waals surface area contributed by atoms with Crippen molar-refractivity contribution in [2.24, 2.45) is 4.99 Å². The third kappa shape index (κ3) is 3.43. The van der Waals surface area contributed by atoms with Crippen LogP contribution in [0.3, 0.4) is 0 Å². The zero-order valence-electron chi connectivity index (χ0n) is 10.2. The molecule has 2 N–H and O–H groups in total. The van der Waals surface area contributed by atoms with Crippen LogP contribution in [0.25, 0.3) is 0 Å². The monoisotopic (exact) mass is 316 g/mol. The number of aliphatic imine (C=N–C) groups is 1. The molecule has 1 aromatic heterocycles. The molecule has 1 aromatic rings. The van der Waals surface area contributed by atoms with Gasteiger partial charge < -0.3 is 10.3 Å². The number of nitrogens with zero attached hydrogens (tertiary/aromatic N) is 2. The molecule has 2 heterocycles. The van der Waals surface area contributed by atoms with E-state index in [4.69, 9.17) is 5.26 Å². The third-order valence-corrected chi connectivity index (χ3v) is 3.49. The minimum absolute atomic E-state index is 0.0279. The van der Waals surface area contributed by atoms with E-state index in [1.165, 1.54) is 6.07 Å². The van der Waals surface area contributed by atoms with Crippen molar-refractivity contribution in [2.75, 3.05) is 12.3 Å². The summed E-state index contributed by atoms with van der Waals surface area (Å²) >= 11 is 0.792. The molecule has 0 atom stereocenters. The Labute approximate surface area is 120 Å². The summed E-state index contributed by atoms with van der Waals surface area (Å²) in [6.45, 7) is 0.0279. The number of thioether (sulfide) groups is 1. The lowest BCUT2D eigenvalue weighted by Gasteiger charge is -2.11. The van der Waals surface area contributed by atoms with E-state index in [1.54, 1.807) is 0 Å². The van der Waals surface area contributed by atoms with Crippen molar-refractivity contribution in [1.29, 1.82) is 5.26 Å². The van der Waals surface area contributed by atoms with Gasteiger partial charge in [-0.05, 0) is 0 Å². The van der Waals surface area contributed by atoms with Gasteiger partial charge in [0.25, 0.3) is 5.91 Å². The van der Waals surface area contributed by atoms with Crippen LogP contribution in [0.1, 0.15) is 11.1 Å². The van der Waals surface area contributed by atoms with Gasteiger partial charge in [0.15, 0.2) is 0 Å². The van der Waals surface area contributed by atoms with Crippen molar-refractivity contribution < 1.29 is 18.0 Å². The molecular weight excluding hydrogens is 309 g/mol. The smallest absolute Gasteiger partial charge is 0.364 e. The number of carbonyl (C=O) groups excluding carboxylic acids is 1. The van der Waals surface area contributed by atoms with Gasteiger partial charge in [-0.15, -0.1) is 0 Å². The highest BCUT2D eigenvalue weighted by Gasteiger charge is 2.35. The fourth-order valence-corrected chi connectivity index (χ4v) is 2.53. The highest BCUT2D eigenvalue weighted by atomic mass is 32.2. The van der Waals surface area contributed by atoms with E-state index in [1.807, 2.05) is 0 Å². The highest BCUT2D eigenvalue weighted by molar-refractivity contribution is 8.00. The van der Waals surface area contributed by atoms with Gasteiger partial charge in [0, 0.05) is 6.07 Å². The fraction of sp³-hybridized carbons (Fsp3) is 0.273. The number of hydrogen-bond donors (Lipinski definition) is 2. The van der Waals surface area contributed by atoms with Crippen LogP contribution in [0.2, 0.25) is 0 Å². The lowest BCUT2D eigenvalue weighted by Crippen LogP contribution is -2.22. The maximum absolute atomic E-state index is 12.8. The number of hydrogen-bond acceptors (Lipinski definition) is 5. The van der Waals surface area contributed by atoms with Gasteiger partial charge in [-0.1, -0.05) is 11.8 Å². The summed E-state index contributed by atoms with van der Waals surface area (Å²) in [5.41, 5.74) is -2.90. The first-order chi connectivity index (χ1) is 9.81. The SMILES string of the molecule is N#Cc1c(C(F)(F)F)cc(=O)[nH]c1SCC1=NC(=O)CN1. The molecule has 0 spiro atoms. The summed E-state index contributed by atoms with van der Waals surface area (Å²) in [6.07, 6.45) is -4.80. The molecule has 1 aliphatic heterocycles. The van der Waals surface area contributed by atoms with Gasteiger partial charge in [0.05, 0.1) is 28.5 Å². The standard InChI is InChI=1S/C11H7F3N4O2S/c12-11(13,14)6-1-8(19)18-10(5(6)2-15)21-4-7-16-3-9(20)17-7/h1H,3-4H2,(H,18,19)(H,16,17,20). The molecule has 0 unspecified atom stereocenters. The molecule has 6 nitrogen and oxygen atoms in total. The number of aromatic nitrogens is 1. The second-order valence-electron chi connectivity index (χ2n) is 3.96. The van der Waals surface area contributed by atoms with Crippen molar-refractivity contribution in [2.45, 2.75) is 11.2 Å². The first-order valence-corrected chi connectivity index (χ1v) is 6.51. The molecule has 0 radical (unpaired) electrons. The number of alkyl halides is 3. The molecule has 0 fully saturated rings. The van der Waals surface area contributed by atoms with Crippen LogP contribution in [0.5, 0.6) is 0 Å². The van der Waals surface area contributed by atoms with Gasteiger partial charge in [0.2, 0.25) is 5.56 Å². The van der Waals surface area contributed by atoms with Crippen molar-refractivity contribution in [3.8, 4) is 6.07 Å². The lowest BCUT2D eigenvalue weighted by atomic mass is 10.1. The molecule has 1 aliphatic rings. The van der Waals surface area contributed by atoms with Crippen LogP contribution < -0.4 is 10.9 Å². The number of amidine groups is 1. The van der Waals surface area contributed by atoms with E-state index in [-0.39, 0.29) is 29.1 Å². The minimum atomic E-state index is -4.80. The summed E-state index contributed by atoms with van der Waals surface area (Å²) in [5.74, 6) is -0.0618. The summed E-state index contributed by atoms with van der Waals surface area (Å²) in [5, 5.41) is 11.4. The quantitative estimate of drug-likeness (QED) is 0.807. The van der Waals surface area contributed by atoms with Crippen molar-refractivity contribution >= 4 is 23.5 Å². The number of nitriles is 1. The summed E-state index contributed by atoms with van der Waals surface area (Å²) in [7, 11) is 0. The van der Waals surface area contributed by atoms with E-state index in [0.29, 0.717) is 6.07 Å². The first kappa shape index (κ1) is 15.1. The fourth-order valence-electron chi connectivity index (χ4n) is 1.61. The number of amides is 1. The predicted molar refractivity (Wildman–Crippen MR) is 67.9 cm³/mol. The lowest BCUT2D eigenvalue weighted by molar-refractivity contribution is -0.138. The molecule has 1 amide bonds. The van der Waals surface area contributed by atoms with Crippen LogP contribution in [-0.4, -0.2) is 29.0 Å². The van der Waals surface area contributed by atoms with Gasteiger partial charge in [0.1, 0.15) is 11.9 Å². The average molecular weight is 316 g/mol. The maximum Gasteiger partial charge on any atom is 0.417 e. The average Bonchev–Trinajstić information content (AvgIpc) is 2.80. The Balaban J connectivity index is 2.33. The van der Waals surface area contributed by atoms with Crippen molar-refractivity contribution in [3.63, 3.8) is 0 Å². The Morgan fingerprint density at radius 2 is 2.14 bits per heavy atom. The Morgan fingerprint density at radius 3 is 2.67 bits per heavy atom. The number of H-pyrrole nitrogens is 1. The maximum atomic E-state index is 12.8.